The maximum Gasteiger partial charge on any atom is 0.241 e. The molecule has 1 amide bonds. The van der Waals surface area contributed by atoms with Crippen molar-refractivity contribution in [1.82, 2.24) is 15.0 Å². The molecule has 2 heterocycles. The standard InChI is InChI=1S/C24H25N5O2/c1-17-5-2-3-7-21(17)23-27-22(31-28-23)16-29-14-4-6-19(15-29)24(30)26-20-10-8-18(9-11-20)12-13-25/h2-3,5,7-11,19H,4,6,12,14-16H2,1H3,(H,26,30). The average molecular weight is 415 g/mol. The van der Waals surface area contributed by atoms with Crippen LogP contribution >= 0.6 is 0 Å². The quantitative estimate of drug-likeness (QED) is 0.655. The molecule has 7 heteroatoms. The number of benzene rings is 2. The van der Waals surface area contributed by atoms with E-state index in [2.05, 4.69) is 26.4 Å². The van der Waals surface area contributed by atoms with Crippen molar-refractivity contribution in [2.45, 2.75) is 32.7 Å². The van der Waals surface area contributed by atoms with Gasteiger partial charge in [-0.15, -0.1) is 0 Å². The molecule has 0 radical (unpaired) electrons. The fourth-order valence-corrected chi connectivity index (χ4v) is 3.90. The molecule has 0 aliphatic carbocycles. The highest BCUT2D eigenvalue weighted by molar-refractivity contribution is 5.92. The fourth-order valence-electron chi connectivity index (χ4n) is 3.90. The monoisotopic (exact) mass is 415 g/mol. The van der Waals surface area contributed by atoms with E-state index in [1.807, 2.05) is 55.5 Å². The molecule has 2 aromatic carbocycles. The number of hydrogen-bond donors (Lipinski definition) is 1. The van der Waals surface area contributed by atoms with Crippen LogP contribution in [0.1, 0.15) is 29.9 Å². The van der Waals surface area contributed by atoms with E-state index in [0.29, 0.717) is 31.2 Å². The minimum atomic E-state index is -0.0914. The minimum absolute atomic E-state index is 0.0175. The van der Waals surface area contributed by atoms with Crippen LogP contribution in [0.15, 0.2) is 53.1 Å². The molecule has 0 saturated carbocycles. The topological polar surface area (TPSA) is 95.0 Å². The van der Waals surface area contributed by atoms with Gasteiger partial charge in [0.2, 0.25) is 17.6 Å². The Morgan fingerprint density at radius 3 is 2.84 bits per heavy atom. The van der Waals surface area contributed by atoms with E-state index in [9.17, 15) is 4.79 Å². The first kappa shape index (κ1) is 20.8. The van der Waals surface area contributed by atoms with Crippen LogP contribution < -0.4 is 5.32 Å². The SMILES string of the molecule is Cc1ccccc1-c1noc(CN2CCCC(C(=O)Nc3ccc(CC#N)cc3)C2)n1. The molecule has 1 atom stereocenters. The number of rotatable bonds is 6. The first-order valence-electron chi connectivity index (χ1n) is 10.5. The third-order valence-electron chi connectivity index (χ3n) is 5.59. The van der Waals surface area contributed by atoms with Crippen molar-refractivity contribution >= 4 is 11.6 Å². The van der Waals surface area contributed by atoms with E-state index >= 15 is 0 Å². The van der Waals surface area contributed by atoms with E-state index in [-0.39, 0.29) is 11.8 Å². The first-order chi connectivity index (χ1) is 15.1. The summed E-state index contributed by atoms with van der Waals surface area (Å²) in [5.41, 5.74) is 3.76. The second-order valence-electron chi connectivity index (χ2n) is 7.92. The van der Waals surface area contributed by atoms with Gasteiger partial charge < -0.3 is 9.84 Å². The third-order valence-corrected chi connectivity index (χ3v) is 5.59. The molecule has 31 heavy (non-hydrogen) atoms. The van der Waals surface area contributed by atoms with E-state index in [4.69, 9.17) is 9.78 Å². The lowest BCUT2D eigenvalue weighted by Gasteiger charge is -2.30. The smallest absolute Gasteiger partial charge is 0.241 e. The summed E-state index contributed by atoms with van der Waals surface area (Å²) in [6.07, 6.45) is 2.16. The summed E-state index contributed by atoms with van der Waals surface area (Å²) in [6, 6.07) is 17.5. The third kappa shape index (κ3) is 5.16. The molecule has 1 aliphatic rings. The van der Waals surface area contributed by atoms with Gasteiger partial charge in [-0.3, -0.25) is 9.69 Å². The number of nitriles is 1. The van der Waals surface area contributed by atoms with E-state index in [1.54, 1.807) is 0 Å². The van der Waals surface area contributed by atoms with Gasteiger partial charge in [0.05, 0.1) is 25.0 Å². The van der Waals surface area contributed by atoms with Gasteiger partial charge >= 0.3 is 0 Å². The number of hydrogen-bond acceptors (Lipinski definition) is 6. The van der Waals surface area contributed by atoms with Gasteiger partial charge in [0.1, 0.15) is 0 Å². The summed E-state index contributed by atoms with van der Waals surface area (Å²) in [5, 5.41) is 15.9. The van der Waals surface area contributed by atoms with Gasteiger partial charge in [-0.1, -0.05) is 41.6 Å². The van der Waals surface area contributed by atoms with Gasteiger partial charge in [0.15, 0.2) is 0 Å². The van der Waals surface area contributed by atoms with E-state index in [0.717, 1.165) is 41.8 Å². The lowest BCUT2D eigenvalue weighted by atomic mass is 9.97. The van der Waals surface area contributed by atoms with Crippen molar-refractivity contribution in [2.75, 3.05) is 18.4 Å². The number of anilines is 1. The molecule has 4 rings (SSSR count). The van der Waals surface area contributed by atoms with Crippen LogP contribution in [-0.4, -0.2) is 34.0 Å². The maximum atomic E-state index is 12.8. The van der Waals surface area contributed by atoms with Crippen LogP contribution in [0.2, 0.25) is 0 Å². The zero-order valence-electron chi connectivity index (χ0n) is 17.5. The Morgan fingerprint density at radius 1 is 1.26 bits per heavy atom. The van der Waals surface area contributed by atoms with Gasteiger partial charge in [0, 0.05) is 17.8 Å². The average Bonchev–Trinajstić information content (AvgIpc) is 3.24. The molecular formula is C24H25N5O2. The number of aryl methyl sites for hydroxylation is 1. The fraction of sp³-hybridized carbons (Fsp3) is 0.333. The number of nitrogens with zero attached hydrogens (tertiary/aromatic N) is 4. The molecule has 1 saturated heterocycles. The Balaban J connectivity index is 1.35. The van der Waals surface area contributed by atoms with Crippen molar-refractivity contribution in [3.8, 4) is 17.5 Å². The normalized spacial score (nSPS) is 16.6. The Bertz CT molecular complexity index is 1080. The molecule has 1 aromatic heterocycles. The van der Waals surface area contributed by atoms with Gasteiger partial charge in [0.25, 0.3) is 0 Å². The number of likely N-dealkylation sites (tertiary alicyclic amines) is 1. The largest absolute Gasteiger partial charge is 0.338 e. The summed E-state index contributed by atoms with van der Waals surface area (Å²) in [5.74, 6) is 1.08. The van der Waals surface area contributed by atoms with Gasteiger partial charge in [-0.05, 0) is 49.6 Å². The molecule has 1 unspecified atom stereocenters. The summed E-state index contributed by atoms with van der Waals surface area (Å²) in [4.78, 5) is 19.5. The van der Waals surface area contributed by atoms with Crippen LogP contribution in [0.25, 0.3) is 11.4 Å². The van der Waals surface area contributed by atoms with E-state index < -0.39 is 0 Å². The van der Waals surface area contributed by atoms with Crippen LogP contribution in [-0.2, 0) is 17.8 Å². The first-order valence-corrected chi connectivity index (χ1v) is 10.5. The lowest BCUT2D eigenvalue weighted by Crippen LogP contribution is -2.40. The second kappa shape index (κ2) is 9.54. The van der Waals surface area contributed by atoms with Crippen LogP contribution in [0.5, 0.6) is 0 Å². The Labute approximate surface area is 181 Å². The summed E-state index contributed by atoms with van der Waals surface area (Å²) < 4.78 is 5.47. The van der Waals surface area contributed by atoms with Crippen molar-refractivity contribution in [2.24, 2.45) is 5.92 Å². The molecule has 1 aliphatic heterocycles. The summed E-state index contributed by atoms with van der Waals surface area (Å²) >= 11 is 0. The number of amides is 1. The molecule has 158 valence electrons. The predicted octanol–water partition coefficient (Wildman–Crippen LogP) is 3.96. The number of aromatic nitrogens is 2. The molecule has 7 nitrogen and oxygen atoms in total. The number of carbonyl (C=O) groups is 1. The van der Waals surface area contributed by atoms with Gasteiger partial charge in [-0.25, -0.2) is 0 Å². The van der Waals surface area contributed by atoms with Crippen molar-refractivity contribution in [3.05, 3.63) is 65.5 Å². The highest BCUT2D eigenvalue weighted by atomic mass is 16.5. The Morgan fingerprint density at radius 2 is 2.06 bits per heavy atom. The molecule has 3 aromatic rings. The van der Waals surface area contributed by atoms with Crippen molar-refractivity contribution in [1.29, 1.82) is 5.26 Å². The highest BCUT2D eigenvalue weighted by Gasteiger charge is 2.27. The lowest BCUT2D eigenvalue weighted by molar-refractivity contribution is -0.121. The number of nitrogens with one attached hydrogen (secondary N) is 1. The highest BCUT2D eigenvalue weighted by Crippen LogP contribution is 2.23. The predicted molar refractivity (Wildman–Crippen MR) is 117 cm³/mol. The van der Waals surface area contributed by atoms with Crippen molar-refractivity contribution < 1.29 is 9.32 Å². The van der Waals surface area contributed by atoms with Crippen LogP contribution in [0, 0.1) is 24.2 Å². The summed E-state index contributed by atoms with van der Waals surface area (Å²) in [6.45, 7) is 4.11. The maximum absolute atomic E-state index is 12.8. The Hall–Kier alpha value is -3.50. The number of piperidine rings is 1. The molecule has 0 bridgehead atoms. The zero-order chi connectivity index (χ0) is 21.6. The molecule has 0 spiro atoms. The second-order valence-corrected chi connectivity index (χ2v) is 7.92. The van der Waals surface area contributed by atoms with Crippen LogP contribution in [0.4, 0.5) is 5.69 Å². The minimum Gasteiger partial charge on any atom is -0.338 e. The molecule has 1 fully saturated rings. The zero-order valence-corrected chi connectivity index (χ0v) is 17.5. The van der Waals surface area contributed by atoms with E-state index in [1.165, 1.54) is 0 Å². The Kier molecular flexibility index (Phi) is 6.39. The molecular weight excluding hydrogens is 390 g/mol. The van der Waals surface area contributed by atoms with Crippen molar-refractivity contribution in [3.63, 3.8) is 0 Å². The van der Waals surface area contributed by atoms with Crippen LogP contribution in [0.3, 0.4) is 0 Å². The van der Waals surface area contributed by atoms with Gasteiger partial charge in [-0.2, -0.15) is 10.2 Å². The number of carbonyl (C=O) groups excluding carboxylic acids is 1. The summed E-state index contributed by atoms with van der Waals surface area (Å²) in [7, 11) is 0. The molecule has 1 N–H and O–H groups in total.